The second kappa shape index (κ2) is 7.65. The molecule has 0 radical (unpaired) electrons. The third kappa shape index (κ3) is 4.66. The second-order valence-corrected chi connectivity index (χ2v) is 4.82. The van der Waals surface area contributed by atoms with E-state index in [2.05, 4.69) is 5.32 Å². The van der Waals surface area contributed by atoms with E-state index in [-0.39, 0.29) is 18.4 Å². The highest BCUT2D eigenvalue weighted by molar-refractivity contribution is 5.85. The van der Waals surface area contributed by atoms with Gasteiger partial charge in [0.15, 0.2) is 0 Å². The Bertz CT molecular complexity index is 446. The van der Waals surface area contributed by atoms with Crippen LogP contribution in [0.2, 0.25) is 0 Å². The molecule has 1 aromatic carbocycles. The quantitative estimate of drug-likeness (QED) is 0.792. The Morgan fingerprint density at radius 3 is 2.35 bits per heavy atom. The molecule has 1 rings (SSSR count). The zero-order chi connectivity index (χ0) is 15.1. The second-order valence-electron chi connectivity index (χ2n) is 4.82. The van der Waals surface area contributed by atoms with Crippen molar-refractivity contribution in [2.45, 2.75) is 32.4 Å². The molecular weight excluding hydrogens is 258 g/mol. The fraction of sp³-hybridized carbons (Fsp3) is 0.467. The Morgan fingerprint density at radius 1 is 1.25 bits per heavy atom. The van der Waals surface area contributed by atoms with Crippen molar-refractivity contribution in [3.05, 3.63) is 35.9 Å². The molecule has 5 heteroatoms. The molecule has 20 heavy (non-hydrogen) atoms. The molecule has 0 bridgehead atoms. The first kappa shape index (κ1) is 16.2. The van der Waals surface area contributed by atoms with Crippen molar-refractivity contribution >= 4 is 11.9 Å². The lowest BCUT2D eigenvalue weighted by molar-refractivity contribution is -0.143. The summed E-state index contributed by atoms with van der Waals surface area (Å²) in [6.07, 6.45) is -0.00289. The van der Waals surface area contributed by atoms with Crippen LogP contribution < -0.4 is 5.32 Å². The molecule has 0 aliphatic heterocycles. The van der Waals surface area contributed by atoms with Gasteiger partial charge in [-0.05, 0) is 12.5 Å². The topological polar surface area (TPSA) is 75.6 Å². The number of nitrogens with one attached hydrogen (secondary N) is 1. The molecule has 0 heterocycles. The van der Waals surface area contributed by atoms with Crippen LogP contribution in [0.1, 0.15) is 19.4 Å². The number of methoxy groups -OCH3 is 1. The van der Waals surface area contributed by atoms with Crippen molar-refractivity contribution in [3.8, 4) is 0 Å². The van der Waals surface area contributed by atoms with E-state index in [1.54, 1.807) is 13.8 Å². The average Bonchev–Trinajstić information content (AvgIpc) is 2.45. The summed E-state index contributed by atoms with van der Waals surface area (Å²) < 4.78 is 5.09. The number of aliphatic carboxylic acids is 1. The molecule has 0 aliphatic carbocycles. The monoisotopic (exact) mass is 279 g/mol. The van der Waals surface area contributed by atoms with Gasteiger partial charge in [-0.3, -0.25) is 4.79 Å². The molecule has 0 spiro atoms. The highest BCUT2D eigenvalue weighted by atomic mass is 16.5. The number of hydrogen-bond acceptors (Lipinski definition) is 3. The first-order valence-corrected chi connectivity index (χ1v) is 6.55. The lowest BCUT2D eigenvalue weighted by atomic mass is 10.0. The minimum Gasteiger partial charge on any atom is -0.480 e. The van der Waals surface area contributed by atoms with E-state index in [9.17, 15) is 14.7 Å². The lowest BCUT2D eigenvalue weighted by Crippen LogP contribution is -2.46. The Balaban J connectivity index is 2.68. The Hall–Kier alpha value is -1.88. The molecule has 1 aromatic rings. The highest BCUT2D eigenvalue weighted by Gasteiger charge is 2.26. The maximum absolute atomic E-state index is 12.0. The van der Waals surface area contributed by atoms with E-state index < -0.39 is 17.9 Å². The Kier molecular flexibility index (Phi) is 6.18. The number of rotatable bonds is 7. The normalized spacial score (nSPS) is 15.2. The fourth-order valence-corrected chi connectivity index (χ4v) is 1.77. The lowest BCUT2D eigenvalue weighted by Gasteiger charge is -2.21. The van der Waals surface area contributed by atoms with Gasteiger partial charge in [0.05, 0.1) is 12.0 Å². The van der Waals surface area contributed by atoms with Crippen LogP contribution in [0, 0.1) is 5.92 Å². The van der Waals surface area contributed by atoms with E-state index in [0.29, 0.717) is 0 Å². The number of carbonyl (C=O) groups excluding carboxylic acids is 1. The fourth-order valence-electron chi connectivity index (χ4n) is 1.77. The smallest absolute Gasteiger partial charge is 0.326 e. The molecule has 0 saturated carbocycles. The molecule has 0 aliphatic rings. The number of carbonyl (C=O) groups is 2. The van der Waals surface area contributed by atoms with Gasteiger partial charge in [0.2, 0.25) is 5.91 Å². The largest absolute Gasteiger partial charge is 0.480 e. The zero-order valence-corrected chi connectivity index (χ0v) is 12.0. The molecule has 3 atom stereocenters. The molecule has 0 unspecified atom stereocenters. The molecule has 2 N–H and O–H groups in total. The summed E-state index contributed by atoms with van der Waals surface area (Å²) in [6, 6.07) is 8.28. The Morgan fingerprint density at radius 2 is 1.85 bits per heavy atom. The average molecular weight is 279 g/mol. The van der Waals surface area contributed by atoms with Gasteiger partial charge in [-0.15, -0.1) is 0 Å². The zero-order valence-electron chi connectivity index (χ0n) is 12.0. The van der Waals surface area contributed by atoms with E-state index in [1.165, 1.54) is 7.11 Å². The summed E-state index contributed by atoms with van der Waals surface area (Å²) in [6.45, 7) is 3.49. The summed E-state index contributed by atoms with van der Waals surface area (Å²) in [7, 11) is 1.52. The molecule has 0 fully saturated rings. The summed E-state index contributed by atoms with van der Waals surface area (Å²) in [5, 5.41) is 11.8. The first-order valence-electron chi connectivity index (χ1n) is 6.55. The third-order valence-corrected chi connectivity index (χ3v) is 3.39. The first-order chi connectivity index (χ1) is 9.45. The van der Waals surface area contributed by atoms with E-state index in [1.807, 2.05) is 30.3 Å². The molecule has 0 aromatic heterocycles. The van der Waals surface area contributed by atoms with Gasteiger partial charge in [0, 0.05) is 13.5 Å². The van der Waals surface area contributed by atoms with E-state index >= 15 is 0 Å². The van der Waals surface area contributed by atoms with Crippen LogP contribution in [0.3, 0.4) is 0 Å². The highest BCUT2D eigenvalue weighted by Crippen LogP contribution is 2.08. The molecule has 5 nitrogen and oxygen atoms in total. The maximum atomic E-state index is 12.0. The van der Waals surface area contributed by atoms with Crippen molar-refractivity contribution in [1.82, 2.24) is 5.32 Å². The number of benzene rings is 1. The van der Waals surface area contributed by atoms with Crippen molar-refractivity contribution in [2.24, 2.45) is 5.92 Å². The molecule has 0 saturated heterocycles. The molecular formula is C15H21NO4. The van der Waals surface area contributed by atoms with Crippen LogP contribution in [0.25, 0.3) is 0 Å². The summed E-state index contributed by atoms with van der Waals surface area (Å²) in [5.74, 6) is -1.76. The summed E-state index contributed by atoms with van der Waals surface area (Å²) in [4.78, 5) is 23.2. The predicted octanol–water partition coefficient (Wildman–Crippen LogP) is 1.47. The minimum absolute atomic E-state index is 0.260. The third-order valence-electron chi connectivity index (χ3n) is 3.39. The van der Waals surface area contributed by atoms with Crippen LogP contribution >= 0.6 is 0 Å². The van der Waals surface area contributed by atoms with Gasteiger partial charge >= 0.3 is 5.97 Å². The maximum Gasteiger partial charge on any atom is 0.326 e. The predicted molar refractivity (Wildman–Crippen MR) is 75.3 cm³/mol. The van der Waals surface area contributed by atoms with Crippen molar-refractivity contribution < 1.29 is 19.4 Å². The van der Waals surface area contributed by atoms with Gasteiger partial charge in [0.1, 0.15) is 6.04 Å². The van der Waals surface area contributed by atoms with Crippen LogP contribution in [0.4, 0.5) is 0 Å². The van der Waals surface area contributed by atoms with Crippen LogP contribution in [-0.4, -0.2) is 36.2 Å². The van der Waals surface area contributed by atoms with E-state index in [0.717, 1.165) is 5.56 Å². The SMILES string of the molecule is CO[C@@H](C)[C@@H](C)C(=O)N[C@@H](Cc1ccccc1)C(=O)O. The number of ether oxygens (including phenoxy) is 1. The number of carboxylic acid groups (broad SMARTS) is 1. The van der Waals surface area contributed by atoms with Crippen molar-refractivity contribution in [1.29, 1.82) is 0 Å². The molecule has 1 amide bonds. The van der Waals surface area contributed by atoms with Crippen molar-refractivity contribution in [2.75, 3.05) is 7.11 Å². The van der Waals surface area contributed by atoms with E-state index in [4.69, 9.17) is 4.74 Å². The standard InChI is InChI=1S/C15H21NO4/c1-10(11(2)20-3)14(17)16-13(15(18)19)9-12-7-5-4-6-8-12/h4-8,10-11,13H,9H2,1-3H3,(H,16,17)(H,18,19)/t10-,11+,13+/m1/s1. The van der Waals surface area contributed by atoms with Gasteiger partial charge in [0.25, 0.3) is 0 Å². The van der Waals surface area contributed by atoms with Crippen LogP contribution in [0.5, 0.6) is 0 Å². The minimum atomic E-state index is -1.04. The summed E-state index contributed by atoms with van der Waals surface area (Å²) in [5.41, 5.74) is 0.868. The van der Waals surface area contributed by atoms with Crippen molar-refractivity contribution in [3.63, 3.8) is 0 Å². The Labute approximate surface area is 118 Å². The number of amides is 1. The van der Waals surface area contributed by atoms with Crippen LogP contribution in [-0.2, 0) is 20.7 Å². The van der Waals surface area contributed by atoms with Gasteiger partial charge in [-0.25, -0.2) is 4.79 Å². The summed E-state index contributed by atoms with van der Waals surface area (Å²) >= 11 is 0. The van der Waals surface area contributed by atoms with Crippen LogP contribution in [0.15, 0.2) is 30.3 Å². The molecule has 110 valence electrons. The van der Waals surface area contributed by atoms with Gasteiger partial charge in [-0.1, -0.05) is 37.3 Å². The number of hydrogen-bond donors (Lipinski definition) is 2. The number of carboxylic acids is 1. The van der Waals surface area contributed by atoms with Gasteiger partial charge in [-0.2, -0.15) is 0 Å². The van der Waals surface area contributed by atoms with Gasteiger partial charge < -0.3 is 15.2 Å².